The second-order valence-electron chi connectivity index (χ2n) is 5.27. The SMILES string of the molecule is COC(=O)CCN(Cc1ccccc1)C(=O)c1cccc(OC)c1. The summed E-state index contributed by atoms with van der Waals surface area (Å²) in [5, 5.41) is 0. The molecule has 5 nitrogen and oxygen atoms in total. The van der Waals surface area contributed by atoms with Crippen molar-refractivity contribution in [3.8, 4) is 5.75 Å². The summed E-state index contributed by atoms with van der Waals surface area (Å²) in [5.41, 5.74) is 1.52. The third-order valence-electron chi connectivity index (χ3n) is 3.63. The average Bonchev–Trinajstić information content (AvgIpc) is 2.65. The molecule has 126 valence electrons. The van der Waals surface area contributed by atoms with Gasteiger partial charge in [-0.3, -0.25) is 9.59 Å². The van der Waals surface area contributed by atoms with E-state index in [9.17, 15) is 9.59 Å². The molecule has 0 aliphatic heterocycles. The fourth-order valence-corrected chi connectivity index (χ4v) is 2.32. The highest BCUT2D eigenvalue weighted by molar-refractivity contribution is 5.94. The first-order valence-electron chi connectivity index (χ1n) is 7.68. The molecule has 0 radical (unpaired) electrons. The topological polar surface area (TPSA) is 55.8 Å². The maximum atomic E-state index is 12.8. The van der Waals surface area contributed by atoms with Gasteiger partial charge < -0.3 is 14.4 Å². The van der Waals surface area contributed by atoms with Crippen molar-refractivity contribution in [3.63, 3.8) is 0 Å². The molecule has 0 unspecified atom stereocenters. The number of nitrogens with zero attached hydrogens (tertiary/aromatic N) is 1. The summed E-state index contributed by atoms with van der Waals surface area (Å²) in [7, 11) is 2.90. The van der Waals surface area contributed by atoms with Crippen LogP contribution in [0.25, 0.3) is 0 Å². The summed E-state index contributed by atoms with van der Waals surface area (Å²) in [6, 6.07) is 16.6. The number of benzene rings is 2. The Balaban J connectivity index is 2.19. The van der Waals surface area contributed by atoms with Crippen LogP contribution in [0.15, 0.2) is 54.6 Å². The molecule has 0 fully saturated rings. The Morgan fingerprint density at radius 2 is 1.75 bits per heavy atom. The van der Waals surface area contributed by atoms with Crippen molar-refractivity contribution in [1.82, 2.24) is 4.90 Å². The van der Waals surface area contributed by atoms with Gasteiger partial charge in [0.05, 0.1) is 20.6 Å². The number of hydrogen-bond donors (Lipinski definition) is 0. The molecule has 5 heteroatoms. The predicted molar refractivity (Wildman–Crippen MR) is 90.8 cm³/mol. The summed E-state index contributed by atoms with van der Waals surface area (Å²) < 4.78 is 9.85. The zero-order valence-corrected chi connectivity index (χ0v) is 13.9. The van der Waals surface area contributed by atoms with Gasteiger partial charge in [0.1, 0.15) is 5.75 Å². The second kappa shape index (κ2) is 8.72. The van der Waals surface area contributed by atoms with E-state index >= 15 is 0 Å². The Hall–Kier alpha value is -2.82. The van der Waals surface area contributed by atoms with Crippen LogP contribution >= 0.6 is 0 Å². The summed E-state index contributed by atoms with van der Waals surface area (Å²) >= 11 is 0. The van der Waals surface area contributed by atoms with Gasteiger partial charge in [-0.15, -0.1) is 0 Å². The number of esters is 1. The van der Waals surface area contributed by atoms with E-state index in [2.05, 4.69) is 4.74 Å². The van der Waals surface area contributed by atoms with Gasteiger partial charge >= 0.3 is 5.97 Å². The Bertz CT molecular complexity index is 685. The normalized spacial score (nSPS) is 10.1. The molecule has 2 aromatic carbocycles. The van der Waals surface area contributed by atoms with E-state index in [0.717, 1.165) is 5.56 Å². The van der Waals surface area contributed by atoms with Gasteiger partial charge in [-0.05, 0) is 23.8 Å². The van der Waals surface area contributed by atoms with Gasteiger partial charge in [0.25, 0.3) is 5.91 Å². The van der Waals surface area contributed by atoms with Crippen LogP contribution in [0.3, 0.4) is 0 Å². The van der Waals surface area contributed by atoms with E-state index in [0.29, 0.717) is 17.9 Å². The first-order valence-corrected chi connectivity index (χ1v) is 7.68. The molecular weight excluding hydrogens is 306 g/mol. The maximum Gasteiger partial charge on any atom is 0.307 e. The molecule has 0 aromatic heterocycles. The van der Waals surface area contributed by atoms with Crippen LogP contribution in [0.4, 0.5) is 0 Å². The Morgan fingerprint density at radius 1 is 1.00 bits per heavy atom. The maximum absolute atomic E-state index is 12.8. The van der Waals surface area contributed by atoms with Crippen LogP contribution < -0.4 is 4.74 Å². The molecular formula is C19H21NO4. The molecule has 2 aromatic rings. The minimum Gasteiger partial charge on any atom is -0.497 e. The lowest BCUT2D eigenvalue weighted by atomic mass is 10.1. The van der Waals surface area contributed by atoms with E-state index in [4.69, 9.17) is 4.74 Å². The van der Waals surface area contributed by atoms with E-state index < -0.39 is 0 Å². The number of ether oxygens (including phenoxy) is 2. The minimum absolute atomic E-state index is 0.151. The van der Waals surface area contributed by atoms with E-state index in [1.54, 1.807) is 36.3 Å². The third-order valence-corrected chi connectivity index (χ3v) is 3.63. The first-order chi connectivity index (χ1) is 11.6. The quantitative estimate of drug-likeness (QED) is 0.734. The molecule has 1 amide bonds. The van der Waals surface area contributed by atoms with Crippen LogP contribution in [0.1, 0.15) is 22.3 Å². The van der Waals surface area contributed by atoms with Crippen molar-refractivity contribution in [2.45, 2.75) is 13.0 Å². The number of carbonyl (C=O) groups is 2. The highest BCUT2D eigenvalue weighted by Crippen LogP contribution is 2.16. The minimum atomic E-state index is -0.341. The largest absolute Gasteiger partial charge is 0.497 e. The Morgan fingerprint density at radius 3 is 2.42 bits per heavy atom. The van der Waals surface area contributed by atoms with Crippen LogP contribution in [0, 0.1) is 0 Å². The molecule has 24 heavy (non-hydrogen) atoms. The van der Waals surface area contributed by atoms with Crippen LogP contribution in [0.5, 0.6) is 5.75 Å². The Kier molecular flexibility index (Phi) is 6.37. The molecule has 0 bridgehead atoms. The predicted octanol–water partition coefficient (Wildman–Crippen LogP) is 2.90. The molecule has 0 N–H and O–H groups in total. The smallest absolute Gasteiger partial charge is 0.307 e. The summed E-state index contributed by atoms with van der Waals surface area (Å²) in [4.78, 5) is 25.9. The molecule has 0 aliphatic carbocycles. The second-order valence-corrected chi connectivity index (χ2v) is 5.27. The summed E-state index contributed by atoms with van der Waals surface area (Å²) in [5.74, 6) is 0.127. The lowest BCUT2D eigenvalue weighted by molar-refractivity contribution is -0.140. The highest BCUT2D eigenvalue weighted by atomic mass is 16.5. The summed E-state index contributed by atoms with van der Waals surface area (Å²) in [6.07, 6.45) is 0.152. The van der Waals surface area contributed by atoms with Gasteiger partial charge in [-0.25, -0.2) is 0 Å². The lowest BCUT2D eigenvalue weighted by Crippen LogP contribution is -2.32. The van der Waals surface area contributed by atoms with Crippen molar-refractivity contribution in [2.75, 3.05) is 20.8 Å². The molecule has 0 aliphatic rings. The van der Waals surface area contributed by atoms with Gasteiger partial charge in [0.2, 0.25) is 0 Å². The molecule has 0 atom stereocenters. The zero-order chi connectivity index (χ0) is 17.4. The van der Waals surface area contributed by atoms with Gasteiger partial charge in [0.15, 0.2) is 0 Å². The van der Waals surface area contributed by atoms with E-state index in [1.165, 1.54) is 7.11 Å². The number of methoxy groups -OCH3 is 2. The van der Waals surface area contributed by atoms with E-state index in [-0.39, 0.29) is 24.8 Å². The van der Waals surface area contributed by atoms with E-state index in [1.807, 2.05) is 30.3 Å². The van der Waals surface area contributed by atoms with Crippen molar-refractivity contribution in [1.29, 1.82) is 0 Å². The monoisotopic (exact) mass is 327 g/mol. The van der Waals surface area contributed by atoms with Crippen LogP contribution in [0.2, 0.25) is 0 Å². The number of hydrogen-bond acceptors (Lipinski definition) is 4. The zero-order valence-electron chi connectivity index (χ0n) is 13.9. The Labute approximate surface area is 141 Å². The van der Waals surface area contributed by atoms with Crippen molar-refractivity contribution in [3.05, 3.63) is 65.7 Å². The van der Waals surface area contributed by atoms with Crippen molar-refractivity contribution >= 4 is 11.9 Å². The van der Waals surface area contributed by atoms with Crippen molar-refractivity contribution < 1.29 is 19.1 Å². The molecule has 0 saturated carbocycles. The van der Waals surface area contributed by atoms with Gasteiger partial charge in [-0.1, -0.05) is 36.4 Å². The number of amides is 1. The standard InChI is InChI=1S/C19H21NO4/c1-23-17-10-6-9-16(13-17)19(22)20(12-11-18(21)24-2)14-15-7-4-3-5-8-15/h3-10,13H,11-12,14H2,1-2H3. The van der Waals surface area contributed by atoms with Crippen LogP contribution in [-0.2, 0) is 16.1 Å². The third kappa shape index (κ3) is 4.84. The molecule has 0 saturated heterocycles. The highest BCUT2D eigenvalue weighted by Gasteiger charge is 2.18. The van der Waals surface area contributed by atoms with Gasteiger partial charge in [0, 0.05) is 18.7 Å². The fraction of sp³-hybridized carbons (Fsp3) is 0.263. The number of rotatable bonds is 7. The molecule has 0 spiro atoms. The summed E-state index contributed by atoms with van der Waals surface area (Å²) in [6.45, 7) is 0.714. The molecule has 2 rings (SSSR count). The average molecular weight is 327 g/mol. The van der Waals surface area contributed by atoms with Crippen LogP contribution in [-0.4, -0.2) is 37.5 Å². The van der Waals surface area contributed by atoms with Gasteiger partial charge in [-0.2, -0.15) is 0 Å². The lowest BCUT2D eigenvalue weighted by Gasteiger charge is -2.23. The number of carbonyl (C=O) groups excluding carboxylic acids is 2. The fourth-order valence-electron chi connectivity index (χ4n) is 2.32. The molecule has 0 heterocycles. The van der Waals surface area contributed by atoms with Crippen molar-refractivity contribution in [2.24, 2.45) is 0 Å². The first kappa shape index (κ1) is 17.5.